The molecule has 2 aromatic carbocycles. The molecule has 1 heterocycles. The third kappa shape index (κ3) is 4.07. The smallest absolute Gasteiger partial charge is 0.171 e. The summed E-state index contributed by atoms with van der Waals surface area (Å²) in [5.41, 5.74) is 8.12. The van der Waals surface area contributed by atoms with E-state index in [0.29, 0.717) is 18.2 Å². The number of aromatic amines is 1. The Balaban J connectivity index is 1.64. The molecule has 0 saturated carbocycles. The second-order valence-electron chi connectivity index (χ2n) is 5.48. The van der Waals surface area contributed by atoms with Gasteiger partial charge in [0.1, 0.15) is 17.3 Å². The number of H-pyrrole nitrogens is 1. The first-order valence-electron chi connectivity index (χ1n) is 7.88. The first kappa shape index (κ1) is 16.8. The molecule has 7 nitrogen and oxygen atoms in total. The minimum atomic E-state index is -0.416. The number of methoxy groups -OCH3 is 2. The number of benzene rings is 2. The van der Waals surface area contributed by atoms with Crippen LogP contribution in [0.15, 0.2) is 48.5 Å². The molecule has 1 unspecified atom stereocenters. The van der Waals surface area contributed by atoms with Crippen LogP contribution in [0, 0.1) is 0 Å². The first-order valence-corrected chi connectivity index (χ1v) is 7.88. The van der Waals surface area contributed by atoms with Gasteiger partial charge in [-0.25, -0.2) is 4.98 Å². The fraction of sp³-hybridized carbons (Fsp3) is 0.222. The lowest BCUT2D eigenvalue weighted by molar-refractivity contribution is 0.414. The summed E-state index contributed by atoms with van der Waals surface area (Å²) in [5.74, 6) is 2.82. The lowest BCUT2D eigenvalue weighted by Gasteiger charge is -2.09. The Kier molecular flexibility index (Phi) is 5.15. The van der Waals surface area contributed by atoms with Crippen molar-refractivity contribution in [1.29, 1.82) is 0 Å². The SMILES string of the molecule is COc1ccc(NCc2nc(C(N)c3cccc(OC)c3)n[nH]2)cc1. The molecule has 3 aromatic rings. The Morgan fingerprint density at radius 1 is 1.08 bits per heavy atom. The predicted molar refractivity (Wildman–Crippen MR) is 95.7 cm³/mol. The monoisotopic (exact) mass is 339 g/mol. The highest BCUT2D eigenvalue weighted by atomic mass is 16.5. The van der Waals surface area contributed by atoms with Gasteiger partial charge in [0.2, 0.25) is 0 Å². The minimum Gasteiger partial charge on any atom is -0.497 e. The number of nitrogens with two attached hydrogens (primary N) is 1. The Labute approximate surface area is 146 Å². The summed E-state index contributed by atoms with van der Waals surface area (Å²) in [6.07, 6.45) is 0. The third-order valence-electron chi connectivity index (χ3n) is 3.83. The molecule has 3 rings (SSSR count). The Hall–Kier alpha value is -3.06. The van der Waals surface area contributed by atoms with E-state index in [1.54, 1.807) is 14.2 Å². The number of ether oxygens (including phenoxy) is 2. The molecule has 0 saturated heterocycles. The standard InChI is InChI=1S/C18H21N5O2/c1-24-14-8-6-13(7-9-14)20-11-16-21-18(23-22-16)17(19)12-4-3-5-15(10-12)25-2/h3-10,17,20H,11,19H2,1-2H3,(H,21,22,23). The van der Waals surface area contributed by atoms with Crippen LogP contribution >= 0.6 is 0 Å². The summed E-state index contributed by atoms with van der Waals surface area (Å²) in [6.45, 7) is 0.518. The molecular weight excluding hydrogens is 318 g/mol. The molecule has 0 fully saturated rings. The molecule has 7 heteroatoms. The van der Waals surface area contributed by atoms with Crippen LogP contribution in [0.2, 0.25) is 0 Å². The van der Waals surface area contributed by atoms with Crippen molar-refractivity contribution in [2.75, 3.05) is 19.5 Å². The van der Waals surface area contributed by atoms with Crippen LogP contribution in [0.5, 0.6) is 11.5 Å². The van der Waals surface area contributed by atoms with E-state index in [1.165, 1.54) is 0 Å². The fourth-order valence-electron chi connectivity index (χ4n) is 2.41. The van der Waals surface area contributed by atoms with Crippen LogP contribution in [0.1, 0.15) is 23.3 Å². The molecule has 0 aliphatic heterocycles. The molecule has 1 atom stereocenters. The molecule has 130 valence electrons. The van der Waals surface area contributed by atoms with Crippen LogP contribution in [0.4, 0.5) is 5.69 Å². The first-order chi connectivity index (χ1) is 12.2. The summed E-state index contributed by atoms with van der Waals surface area (Å²) in [4.78, 5) is 4.47. The average molecular weight is 339 g/mol. The second kappa shape index (κ2) is 7.67. The minimum absolute atomic E-state index is 0.416. The van der Waals surface area contributed by atoms with Crippen molar-refractivity contribution < 1.29 is 9.47 Å². The van der Waals surface area contributed by atoms with Gasteiger partial charge in [-0.2, -0.15) is 5.10 Å². The summed E-state index contributed by atoms with van der Waals surface area (Å²) >= 11 is 0. The van der Waals surface area contributed by atoms with Crippen LogP contribution in [-0.2, 0) is 6.54 Å². The number of aromatic nitrogens is 3. The van der Waals surface area contributed by atoms with E-state index in [0.717, 1.165) is 22.7 Å². The van der Waals surface area contributed by atoms with Gasteiger partial charge in [-0.15, -0.1) is 0 Å². The van der Waals surface area contributed by atoms with E-state index in [-0.39, 0.29) is 0 Å². The van der Waals surface area contributed by atoms with Crippen LogP contribution in [0.25, 0.3) is 0 Å². The van der Waals surface area contributed by atoms with Gasteiger partial charge >= 0.3 is 0 Å². The number of rotatable bonds is 7. The predicted octanol–water partition coefficient (Wildman–Crippen LogP) is 2.48. The van der Waals surface area contributed by atoms with Gasteiger partial charge in [0.15, 0.2) is 5.82 Å². The number of hydrogen-bond acceptors (Lipinski definition) is 6. The molecular formula is C18H21N5O2. The summed E-state index contributed by atoms with van der Waals surface area (Å²) in [6, 6.07) is 14.8. The topological polar surface area (TPSA) is 98.1 Å². The zero-order valence-corrected chi connectivity index (χ0v) is 14.2. The molecule has 0 amide bonds. The van der Waals surface area contributed by atoms with Crippen molar-refractivity contribution >= 4 is 5.69 Å². The zero-order valence-electron chi connectivity index (χ0n) is 14.2. The van der Waals surface area contributed by atoms with Crippen LogP contribution in [0.3, 0.4) is 0 Å². The van der Waals surface area contributed by atoms with Crippen molar-refractivity contribution in [3.05, 3.63) is 65.7 Å². The van der Waals surface area contributed by atoms with Gasteiger partial charge in [0, 0.05) is 5.69 Å². The third-order valence-corrected chi connectivity index (χ3v) is 3.83. The van der Waals surface area contributed by atoms with Gasteiger partial charge in [0.05, 0.1) is 26.8 Å². The molecule has 0 bridgehead atoms. The van der Waals surface area contributed by atoms with Crippen molar-refractivity contribution in [2.45, 2.75) is 12.6 Å². The maximum absolute atomic E-state index is 6.26. The summed E-state index contributed by atoms with van der Waals surface area (Å²) < 4.78 is 10.4. The molecule has 25 heavy (non-hydrogen) atoms. The highest BCUT2D eigenvalue weighted by Crippen LogP contribution is 2.21. The van der Waals surface area contributed by atoms with E-state index in [9.17, 15) is 0 Å². The van der Waals surface area contributed by atoms with Gasteiger partial charge in [0.25, 0.3) is 0 Å². The average Bonchev–Trinajstić information content (AvgIpc) is 3.15. The Morgan fingerprint density at radius 3 is 2.56 bits per heavy atom. The maximum atomic E-state index is 6.26. The van der Waals surface area contributed by atoms with Gasteiger partial charge in [-0.05, 0) is 42.0 Å². The van der Waals surface area contributed by atoms with E-state index >= 15 is 0 Å². The highest BCUT2D eigenvalue weighted by molar-refractivity contribution is 5.46. The second-order valence-corrected chi connectivity index (χ2v) is 5.48. The van der Waals surface area contributed by atoms with Crippen molar-refractivity contribution in [2.24, 2.45) is 5.73 Å². The Morgan fingerprint density at radius 2 is 1.84 bits per heavy atom. The lowest BCUT2D eigenvalue weighted by Crippen LogP contribution is -2.14. The summed E-state index contributed by atoms with van der Waals surface area (Å²) in [7, 11) is 3.27. The van der Waals surface area contributed by atoms with Crippen LogP contribution < -0.4 is 20.5 Å². The van der Waals surface area contributed by atoms with E-state index in [4.69, 9.17) is 15.2 Å². The molecule has 0 spiro atoms. The van der Waals surface area contributed by atoms with Gasteiger partial charge < -0.3 is 20.5 Å². The van der Waals surface area contributed by atoms with Crippen LogP contribution in [-0.4, -0.2) is 29.4 Å². The van der Waals surface area contributed by atoms with Crippen molar-refractivity contribution in [3.63, 3.8) is 0 Å². The summed E-state index contributed by atoms with van der Waals surface area (Å²) in [5, 5.41) is 10.4. The maximum Gasteiger partial charge on any atom is 0.171 e. The number of hydrogen-bond donors (Lipinski definition) is 3. The largest absolute Gasteiger partial charge is 0.497 e. The van der Waals surface area contributed by atoms with Gasteiger partial charge in [-0.3, -0.25) is 5.10 Å². The Bertz CT molecular complexity index is 816. The number of nitrogens with one attached hydrogen (secondary N) is 2. The zero-order chi connectivity index (χ0) is 17.6. The molecule has 0 aliphatic rings. The van der Waals surface area contributed by atoms with E-state index in [2.05, 4.69) is 20.5 Å². The van der Waals surface area contributed by atoms with Crippen molar-refractivity contribution in [1.82, 2.24) is 15.2 Å². The molecule has 1 aromatic heterocycles. The number of nitrogens with zero attached hydrogens (tertiary/aromatic N) is 2. The molecule has 0 radical (unpaired) electrons. The lowest BCUT2D eigenvalue weighted by atomic mass is 10.1. The van der Waals surface area contributed by atoms with E-state index in [1.807, 2.05) is 48.5 Å². The van der Waals surface area contributed by atoms with Crippen molar-refractivity contribution in [3.8, 4) is 11.5 Å². The van der Waals surface area contributed by atoms with Gasteiger partial charge in [-0.1, -0.05) is 12.1 Å². The van der Waals surface area contributed by atoms with E-state index < -0.39 is 6.04 Å². The highest BCUT2D eigenvalue weighted by Gasteiger charge is 2.15. The fourth-order valence-corrected chi connectivity index (χ4v) is 2.41. The molecule has 0 aliphatic carbocycles. The quantitative estimate of drug-likeness (QED) is 0.612. The normalized spacial score (nSPS) is 11.8. The number of anilines is 1. The molecule has 4 N–H and O–H groups in total.